The van der Waals surface area contributed by atoms with Crippen LogP contribution in [0.2, 0.25) is 0 Å². The van der Waals surface area contributed by atoms with Crippen molar-refractivity contribution in [3.05, 3.63) is 22.4 Å². The van der Waals surface area contributed by atoms with E-state index < -0.39 is 0 Å². The Balaban J connectivity index is 1.83. The minimum Gasteiger partial charge on any atom is -0.313 e. The minimum atomic E-state index is 0.285. The first-order valence-corrected chi connectivity index (χ1v) is 6.73. The summed E-state index contributed by atoms with van der Waals surface area (Å²) in [5.41, 5.74) is 0.285. The Morgan fingerprint density at radius 3 is 2.73 bits per heavy atom. The molecule has 1 aliphatic rings. The summed E-state index contributed by atoms with van der Waals surface area (Å²) in [6, 6.07) is 5.17. The van der Waals surface area contributed by atoms with Gasteiger partial charge in [-0.3, -0.25) is 0 Å². The molecule has 1 aromatic heterocycles. The lowest BCUT2D eigenvalue weighted by molar-refractivity contribution is 0.230. The summed E-state index contributed by atoms with van der Waals surface area (Å²) in [6.45, 7) is 8.09. The van der Waals surface area contributed by atoms with E-state index in [-0.39, 0.29) is 5.41 Å². The summed E-state index contributed by atoms with van der Waals surface area (Å²) in [5, 5.41) is 5.85. The smallest absolute Gasteiger partial charge is 0.0115 e. The molecule has 0 amide bonds. The highest BCUT2D eigenvalue weighted by atomic mass is 32.1. The molecule has 2 heteroatoms. The molecule has 84 valence electrons. The summed E-state index contributed by atoms with van der Waals surface area (Å²) in [4.78, 5) is 1.49. The lowest BCUT2D eigenvalue weighted by atomic mass is 9.81. The van der Waals surface area contributed by atoms with Crippen LogP contribution in [0, 0.1) is 5.92 Å². The van der Waals surface area contributed by atoms with Gasteiger partial charge in [0.05, 0.1) is 0 Å². The first kappa shape index (κ1) is 11.2. The average Bonchev–Trinajstić information content (AvgIpc) is 2.63. The van der Waals surface area contributed by atoms with Crippen LogP contribution in [-0.4, -0.2) is 12.6 Å². The van der Waals surface area contributed by atoms with E-state index in [1.807, 2.05) is 11.3 Å². The Morgan fingerprint density at radius 2 is 2.20 bits per heavy atom. The molecular formula is C13H21NS. The van der Waals surface area contributed by atoms with Crippen molar-refractivity contribution >= 4 is 11.3 Å². The van der Waals surface area contributed by atoms with E-state index in [9.17, 15) is 0 Å². The van der Waals surface area contributed by atoms with E-state index >= 15 is 0 Å². The van der Waals surface area contributed by atoms with Gasteiger partial charge in [-0.25, -0.2) is 0 Å². The third kappa shape index (κ3) is 2.61. The standard InChI is InChI=1S/C13H21NS/c1-10-7-11(8-10)14-9-13(2,3)12-5-4-6-15-12/h4-6,10-11,14H,7-9H2,1-3H3. The topological polar surface area (TPSA) is 12.0 Å². The summed E-state index contributed by atoms with van der Waals surface area (Å²) in [5.74, 6) is 0.937. The van der Waals surface area contributed by atoms with Gasteiger partial charge in [0.1, 0.15) is 0 Å². The molecule has 0 bridgehead atoms. The van der Waals surface area contributed by atoms with Gasteiger partial charge in [-0.2, -0.15) is 0 Å². The van der Waals surface area contributed by atoms with E-state index in [4.69, 9.17) is 0 Å². The number of nitrogens with one attached hydrogen (secondary N) is 1. The molecule has 0 unspecified atom stereocenters. The zero-order valence-corrected chi connectivity index (χ0v) is 10.7. The summed E-state index contributed by atoms with van der Waals surface area (Å²) in [7, 11) is 0. The molecule has 1 fully saturated rings. The van der Waals surface area contributed by atoms with Gasteiger partial charge < -0.3 is 5.32 Å². The van der Waals surface area contributed by atoms with Gasteiger partial charge in [-0.05, 0) is 30.2 Å². The predicted octanol–water partition coefficient (Wildman–Crippen LogP) is 3.41. The van der Waals surface area contributed by atoms with Crippen LogP contribution in [0.25, 0.3) is 0 Å². The second-order valence-electron chi connectivity index (χ2n) is 5.52. The summed E-state index contributed by atoms with van der Waals surface area (Å²) < 4.78 is 0. The first-order valence-electron chi connectivity index (χ1n) is 5.85. The molecule has 15 heavy (non-hydrogen) atoms. The quantitative estimate of drug-likeness (QED) is 0.825. The normalized spacial score (nSPS) is 26.3. The third-order valence-electron chi connectivity index (χ3n) is 3.39. The van der Waals surface area contributed by atoms with Crippen LogP contribution in [0.5, 0.6) is 0 Å². The molecule has 2 rings (SSSR count). The molecular weight excluding hydrogens is 202 g/mol. The Bertz CT molecular complexity index is 296. The van der Waals surface area contributed by atoms with Crippen LogP contribution in [0.4, 0.5) is 0 Å². The molecule has 1 heterocycles. The Labute approximate surface area is 96.9 Å². The summed E-state index contributed by atoms with van der Waals surface area (Å²) in [6.07, 6.45) is 2.72. The molecule has 1 nitrogen and oxygen atoms in total. The fourth-order valence-electron chi connectivity index (χ4n) is 2.22. The molecule has 0 spiro atoms. The van der Waals surface area contributed by atoms with Crippen molar-refractivity contribution in [3.8, 4) is 0 Å². The Morgan fingerprint density at radius 1 is 1.47 bits per heavy atom. The van der Waals surface area contributed by atoms with Crippen molar-refractivity contribution in [2.45, 2.75) is 45.1 Å². The molecule has 1 aliphatic carbocycles. The van der Waals surface area contributed by atoms with Crippen LogP contribution >= 0.6 is 11.3 Å². The highest BCUT2D eigenvalue weighted by Gasteiger charge is 2.28. The second-order valence-corrected chi connectivity index (χ2v) is 6.46. The largest absolute Gasteiger partial charge is 0.313 e. The van der Waals surface area contributed by atoms with Gasteiger partial charge >= 0.3 is 0 Å². The maximum atomic E-state index is 3.68. The molecule has 1 aromatic rings. The number of hydrogen-bond donors (Lipinski definition) is 1. The second kappa shape index (κ2) is 4.26. The zero-order valence-electron chi connectivity index (χ0n) is 9.92. The van der Waals surface area contributed by atoms with E-state index in [1.165, 1.54) is 17.7 Å². The minimum absolute atomic E-state index is 0.285. The lowest BCUT2D eigenvalue weighted by Crippen LogP contribution is -2.45. The van der Waals surface area contributed by atoms with Gasteiger partial charge in [0.25, 0.3) is 0 Å². The molecule has 0 atom stereocenters. The van der Waals surface area contributed by atoms with E-state index in [0.29, 0.717) is 0 Å². The highest BCUT2D eigenvalue weighted by Crippen LogP contribution is 2.30. The van der Waals surface area contributed by atoms with Crippen LogP contribution in [0.15, 0.2) is 17.5 Å². The SMILES string of the molecule is CC1CC(NCC(C)(C)c2cccs2)C1. The van der Waals surface area contributed by atoms with Gasteiger partial charge in [0.15, 0.2) is 0 Å². The van der Waals surface area contributed by atoms with E-state index in [2.05, 4.69) is 43.6 Å². The molecule has 0 radical (unpaired) electrons. The van der Waals surface area contributed by atoms with Crippen molar-refractivity contribution in [2.24, 2.45) is 5.92 Å². The maximum Gasteiger partial charge on any atom is 0.0115 e. The molecule has 0 aromatic carbocycles. The van der Waals surface area contributed by atoms with Crippen molar-refractivity contribution in [3.63, 3.8) is 0 Å². The number of rotatable bonds is 4. The van der Waals surface area contributed by atoms with Crippen molar-refractivity contribution < 1.29 is 0 Å². The molecule has 0 saturated heterocycles. The third-order valence-corrected chi connectivity index (χ3v) is 4.63. The highest BCUT2D eigenvalue weighted by molar-refractivity contribution is 7.10. The summed E-state index contributed by atoms with van der Waals surface area (Å²) >= 11 is 1.87. The molecule has 1 N–H and O–H groups in total. The van der Waals surface area contributed by atoms with E-state index in [1.54, 1.807) is 0 Å². The first-order chi connectivity index (χ1) is 7.08. The maximum absolute atomic E-state index is 3.68. The average molecular weight is 223 g/mol. The zero-order chi connectivity index (χ0) is 10.9. The monoisotopic (exact) mass is 223 g/mol. The van der Waals surface area contributed by atoms with Crippen molar-refractivity contribution in [1.29, 1.82) is 0 Å². The number of thiophene rings is 1. The van der Waals surface area contributed by atoms with Crippen LogP contribution in [0.1, 0.15) is 38.5 Å². The predicted molar refractivity (Wildman–Crippen MR) is 67.5 cm³/mol. The number of hydrogen-bond acceptors (Lipinski definition) is 2. The van der Waals surface area contributed by atoms with Crippen molar-refractivity contribution in [1.82, 2.24) is 5.32 Å². The van der Waals surface area contributed by atoms with Gasteiger partial charge in [-0.15, -0.1) is 11.3 Å². The van der Waals surface area contributed by atoms with Crippen LogP contribution < -0.4 is 5.32 Å². The van der Waals surface area contributed by atoms with Gasteiger partial charge in [-0.1, -0.05) is 26.8 Å². The van der Waals surface area contributed by atoms with E-state index in [0.717, 1.165) is 18.5 Å². The Hall–Kier alpha value is -0.340. The fraction of sp³-hybridized carbons (Fsp3) is 0.692. The fourth-order valence-corrected chi connectivity index (χ4v) is 3.07. The van der Waals surface area contributed by atoms with Crippen LogP contribution in [0.3, 0.4) is 0 Å². The van der Waals surface area contributed by atoms with Gasteiger partial charge in [0, 0.05) is 22.9 Å². The Kier molecular flexibility index (Phi) is 3.17. The lowest BCUT2D eigenvalue weighted by Gasteiger charge is -2.36. The van der Waals surface area contributed by atoms with Gasteiger partial charge in [0.2, 0.25) is 0 Å². The van der Waals surface area contributed by atoms with Crippen LogP contribution in [-0.2, 0) is 5.41 Å². The molecule has 1 saturated carbocycles. The molecule has 0 aliphatic heterocycles. The van der Waals surface area contributed by atoms with Crippen molar-refractivity contribution in [2.75, 3.05) is 6.54 Å².